The van der Waals surface area contributed by atoms with E-state index >= 15 is 0 Å². The van der Waals surface area contributed by atoms with Gasteiger partial charge in [0.1, 0.15) is 0 Å². The van der Waals surface area contributed by atoms with Crippen LogP contribution in [0, 0.1) is 5.41 Å². The van der Waals surface area contributed by atoms with Gasteiger partial charge < -0.3 is 10.4 Å². The highest BCUT2D eigenvalue weighted by atomic mass is 16.4. The minimum absolute atomic E-state index is 0.194. The van der Waals surface area contributed by atoms with Gasteiger partial charge in [0.25, 0.3) is 5.91 Å². The Morgan fingerprint density at radius 3 is 2.58 bits per heavy atom. The zero-order chi connectivity index (χ0) is 13.9. The first-order valence-electron chi connectivity index (χ1n) is 6.63. The maximum atomic E-state index is 12.1. The molecular formula is C15H19NO3. The summed E-state index contributed by atoms with van der Waals surface area (Å²) in [5.41, 5.74) is -0.288. The second-order valence-electron chi connectivity index (χ2n) is 5.36. The summed E-state index contributed by atoms with van der Waals surface area (Å²) in [6.45, 7) is 1.73. The van der Waals surface area contributed by atoms with Crippen molar-refractivity contribution >= 4 is 11.9 Å². The summed E-state index contributed by atoms with van der Waals surface area (Å²) in [5, 5.41) is 12.3. The molecular weight excluding hydrogens is 242 g/mol. The molecule has 1 fully saturated rings. The van der Waals surface area contributed by atoms with E-state index in [2.05, 4.69) is 5.32 Å². The number of aliphatic carboxylic acids is 1. The number of carbonyl (C=O) groups excluding carboxylic acids is 1. The number of amides is 1. The number of nitrogens with one attached hydrogen (secondary N) is 1. The molecule has 0 aromatic heterocycles. The number of carboxylic acids is 1. The molecule has 0 radical (unpaired) electrons. The summed E-state index contributed by atoms with van der Waals surface area (Å²) in [5.74, 6) is -1.02. The zero-order valence-electron chi connectivity index (χ0n) is 11.1. The molecule has 1 aliphatic carbocycles. The molecule has 4 heteroatoms. The van der Waals surface area contributed by atoms with Crippen LogP contribution in [-0.4, -0.2) is 23.0 Å². The van der Waals surface area contributed by atoms with Crippen molar-refractivity contribution in [3.63, 3.8) is 0 Å². The number of carbonyl (C=O) groups is 2. The van der Waals surface area contributed by atoms with Crippen molar-refractivity contribution in [1.82, 2.24) is 5.32 Å². The molecule has 0 saturated heterocycles. The Kier molecular flexibility index (Phi) is 3.88. The Bertz CT molecular complexity index is 472. The molecule has 2 atom stereocenters. The van der Waals surface area contributed by atoms with Gasteiger partial charge in [0.15, 0.2) is 0 Å². The molecule has 1 aromatic carbocycles. The van der Waals surface area contributed by atoms with Gasteiger partial charge in [-0.05, 0) is 31.9 Å². The fourth-order valence-corrected chi connectivity index (χ4v) is 2.65. The lowest BCUT2D eigenvalue weighted by Crippen LogP contribution is -2.52. The summed E-state index contributed by atoms with van der Waals surface area (Å²) in [7, 11) is 0. The summed E-state index contributed by atoms with van der Waals surface area (Å²) < 4.78 is 0. The van der Waals surface area contributed by atoms with Crippen LogP contribution in [0.1, 0.15) is 43.0 Å². The number of carboxylic acid groups (broad SMARTS) is 1. The average Bonchev–Trinajstić information content (AvgIpc) is 2.42. The molecule has 1 aliphatic rings. The lowest BCUT2D eigenvalue weighted by molar-refractivity contribution is -0.151. The maximum absolute atomic E-state index is 12.1. The van der Waals surface area contributed by atoms with Gasteiger partial charge in [-0.2, -0.15) is 0 Å². The van der Waals surface area contributed by atoms with Crippen molar-refractivity contribution < 1.29 is 14.7 Å². The van der Waals surface area contributed by atoms with Crippen molar-refractivity contribution in [2.75, 3.05) is 0 Å². The molecule has 0 bridgehead atoms. The Balaban J connectivity index is 2.12. The molecule has 0 heterocycles. The minimum atomic E-state index is -0.858. The minimum Gasteiger partial charge on any atom is -0.481 e. The maximum Gasteiger partial charge on any atom is 0.311 e. The van der Waals surface area contributed by atoms with Gasteiger partial charge in [-0.3, -0.25) is 9.59 Å². The molecule has 102 valence electrons. The van der Waals surface area contributed by atoms with E-state index in [1.807, 2.05) is 6.07 Å². The average molecular weight is 261 g/mol. The van der Waals surface area contributed by atoms with E-state index in [0.717, 1.165) is 19.3 Å². The van der Waals surface area contributed by atoms with Crippen LogP contribution in [0.3, 0.4) is 0 Å². The van der Waals surface area contributed by atoms with Crippen LogP contribution in [0.25, 0.3) is 0 Å². The van der Waals surface area contributed by atoms with Gasteiger partial charge >= 0.3 is 5.97 Å². The largest absolute Gasteiger partial charge is 0.481 e. The second kappa shape index (κ2) is 5.43. The van der Waals surface area contributed by atoms with E-state index in [1.54, 1.807) is 31.2 Å². The molecule has 1 aromatic rings. The number of rotatable bonds is 3. The third-order valence-electron chi connectivity index (χ3n) is 4.04. The van der Waals surface area contributed by atoms with Gasteiger partial charge in [0.05, 0.1) is 5.41 Å². The van der Waals surface area contributed by atoms with Crippen LogP contribution >= 0.6 is 0 Å². The summed E-state index contributed by atoms with van der Waals surface area (Å²) in [6.07, 6.45) is 3.20. The standard InChI is InChI=1S/C15H19NO3/c1-15(14(18)19)10-6-5-9-12(15)16-13(17)11-7-3-2-4-8-11/h2-4,7-8,12H,5-6,9-10H2,1H3,(H,16,17)(H,18,19). The topological polar surface area (TPSA) is 66.4 Å². The predicted molar refractivity (Wildman–Crippen MR) is 71.9 cm³/mol. The van der Waals surface area contributed by atoms with Gasteiger partial charge in [-0.15, -0.1) is 0 Å². The van der Waals surface area contributed by atoms with E-state index in [4.69, 9.17) is 0 Å². The fourth-order valence-electron chi connectivity index (χ4n) is 2.65. The smallest absolute Gasteiger partial charge is 0.311 e. The van der Waals surface area contributed by atoms with Gasteiger partial charge in [0.2, 0.25) is 0 Å². The highest BCUT2D eigenvalue weighted by Gasteiger charge is 2.43. The highest BCUT2D eigenvalue weighted by Crippen LogP contribution is 2.36. The molecule has 2 N–H and O–H groups in total. The normalized spacial score (nSPS) is 26.7. The van der Waals surface area contributed by atoms with E-state index in [1.165, 1.54) is 0 Å². The van der Waals surface area contributed by atoms with Crippen LogP contribution in [0.15, 0.2) is 30.3 Å². The SMILES string of the molecule is CC1(C(=O)O)CCCCC1NC(=O)c1ccccc1. The highest BCUT2D eigenvalue weighted by molar-refractivity contribution is 5.94. The van der Waals surface area contributed by atoms with Crippen LogP contribution in [-0.2, 0) is 4.79 Å². The van der Waals surface area contributed by atoms with E-state index < -0.39 is 11.4 Å². The Labute approximate surface area is 112 Å². The first-order chi connectivity index (χ1) is 9.04. The van der Waals surface area contributed by atoms with Crippen LogP contribution < -0.4 is 5.32 Å². The summed E-state index contributed by atoms with van der Waals surface area (Å²) in [6, 6.07) is 8.61. The zero-order valence-corrected chi connectivity index (χ0v) is 11.1. The summed E-state index contributed by atoms with van der Waals surface area (Å²) in [4.78, 5) is 23.6. The molecule has 1 amide bonds. The number of hydrogen-bond acceptors (Lipinski definition) is 2. The lowest BCUT2D eigenvalue weighted by Gasteiger charge is -2.38. The van der Waals surface area contributed by atoms with E-state index in [-0.39, 0.29) is 11.9 Å². The molecule has 0 aliphatic heterocycles. The Morgan fingerprint density at radius 1 is 1.26 bits per heavy atom. The molecule has 2 unspecified atom stereocenters. The Morgan fingerprint density at radius 2 is 1.95 bits per heavy atom. The molecule has 4 nitrogen and oxygen atoms in total. The summed E-state index contributed by atoms with van der Waals surface area (Å²) >= 11 is 0. The fraction of sp³-hybridized carbons (Fsp3) is 0.467. The second-order valence-corrected chi connectivity index (χ2v) is 5.36. The first kappa shape index (κ1) is 13.6. The van der Waals surface area contributed by atoms with Crippen molar-refractivity contribution in [3.8, 4) is 0 Å². The van der Waals surface area contributed by atoms with Crippen molar-refractivity contribution in [2.24, 2.45) is 5.41 Å². The van der Waals surface area contributed by atoms with Crippen molar-refractivity contribution in [3.05, 3.63) is 35.9 Å². The van der Waals surface area contributed by atoms with Gasteiger partial charge in [-0.1, -0.05) is 31.0 Å². The third-order valence-corrected chi connectivity index (χ3v) is 4.04. The van der Waals surface area contributed by atoms with Gasteiger partial charge in [-0.25, -0.2) is 0 Å². The van der Waals surface area contributed by atoms with E-state index in [9.17, 15) is 14.7 Å². The van der Waals surface area contributed by atoms with Crippen molar-refractivity contribution in [2.45, 2.75) is 38.6 Å². The Hall–Kier alpha value is -1.84. The van der Waals surface area contributed by atoms with Gasteiger partial charge in [0, 0.05) is 11.6 Å². The van der Waals surface area contributed by atoms with E-state index in [0.29, 0.717) is 12.0 Å². The molecule has 2 rings (SSSR count). The first-order valence-corrected chi connectivity index (χ1v) is 6.63. The number of hydrogen-bond donors (Lipinski definition) is 2. The van der Waals surface area contributed by atoms with Crippen LogP contribution in [0.5, 0.6) is 0 Å². The third kappa shape index (κ3) is 2.78. The van der Waals surface area contributed by atoms with Crippen molar-refractivity contribution in [1.29, 1.82) is 0 Å². The quantitative estimate of drug-likeness (QED) is 0.878. The molecule has 0 spiro atoms. The van der Waals surface area contributed by atoms with Crippen LogP contribution in [0.2, 0.25) is 0 Å². The monoisotopic (exact) mass is 261 g/mol. The predicted octanol–water partition coefficient (Wildman–Crippen LogP) is 2.45. The molecule has 19 heavy (non-hydrogen) atoms. The lowest BCUT2D eigenvalue weighted by atomic mass is 9.71. The van der Waals surface area contributed by atoms with Crippen LogP contribution in [0.4, 0.5) is 0 Å². The molecule has 1 saturated carbocycles. The number of benzene rings is 1.